The molecule has 0 radical (unpaired) electrons. The van der Waals surface area contributed by atoms with Gasteiger partial charge in [0.15, 0.2) is 5.96 Å². The molecule has 0 spiro atoms. The minimum Gasteiger partial charge on any atom is -0.496 e. The van der Waals surface area contributed by atoms with Gasteiger partial charge in [0.2, 0.25) is 0 Å². The van der Waals surface area contributed by atoms with E-state index in [1.54, 1.807) is 14.2 Å². The largest absolute Gasteiger partial charge is 0.496 e. The highest BCUT2D eigenvalue weighted by Gasteiger charge is 2.11. The molecule has 0 unspecified atom stereocenters. The number of aliphatic imine (C=N–C) groups is 1. The third-order valence-corrected chi connectivity index (χ3v) is 5.30. The third-order valence-electron chi connectivity index (χ3n) is 5.30. The Morgan fingerprint density at radius 2 is 1.87 bits per heavy atom. The highest BCUT2D eigenvalue weighted by Crippen LogP contribution is 2.18. The van der Waals surface area contributed by atoms with Crippen LogP contribution >= 0.6 is 24.0 Å². The Morgan fingerprint density at radius 1 is 1.10 bits per heavy atom. The van der Waals surface area contributed by atoms with E-state index < -0.39 is 0 Å². The molecule has 1 aromatic heterocycles. The Morgan fingerprint density at radius 3 is 2.60 bits per heavy atom. The van der Waals surface area contributed by atoms with Crippen LogP contribution in [-0.2, 0) is 13.0 Å². The number of para-hydroxylation sites is 1. The normalized spacial score (nSPS) is 14.5. The third kappa shape index (κ3) is 7.34. The van der Waals surface area contributed by atoms with Crippen LogP contribution in [0.3, 0.4) is 0 Å². The van der Waals surface area contributed by atoms with Crippen molar-refractivity contribution in [3.63, 3.8) is 0 Å². The summed E-state index contributed by atoms with van der Waals surface area (Å²) in [5, 5.41) is 6.79. The van der Waals surface area contributed by atoms with E-state index in [4.69, 9.17) is 4.74 Å². The van der Waals surface area contributed by atoms with Crippen molar-refractivity contribution in [1.29, 1.82) is 0 Å². The molecule has 1 aliphatic heterocycles. The number of methoxy groups -OCH3 is 1. The van der Waals surface area contributed by atoms with Crippen LogP contribution in [0, 0.1) is 0 Å². The van der Waals surface area contributed by atoms with Crippen molar-refractivity contribution in [2.75, 3.05) is 38.7 Å². The molecule has 6 nitrogen and oxygen atoms in total. The molecule has 1 aromatic carbocycles. The molecular formula is C23H34IN5O. The van der Waals surface area contributed by atoms with E-state index >= 15 is 0 Å². The number of halogens is 1. The summed E-state index contributed by atoms with van der Waals surface area (Å²) in [7, 11) is 3.51. The van der Waals surface area contributed by atoms with Crippen LogP contribution in [-0.4, -0.2) is 44.7 Å². The van der Waals surface area contributed by atoms with Crippen molar-refractivity contribution in [3.05, 3.63) is 53.7 Å². The maximum absolute atomic E-state index is 5.42. The molecule has 0 saturated carbocycles. The van der Waals surface area contributed by atoms with Crippen molar-refractivity contribution in [1.82, 2.24) is 15.6 Å². The number of ether oxygens (including phenoxy) is 1. The van der Waals surface area contributed by atoms with Crippen molar-refractivity contribution < 1.29 is 4.74 Å². The number of hydrogen-bond donors (Lipinski definition) is 2. The van der Waals surface area contributed by atoms with Gasteiger partial charge in [0.1, 0.15) is 11.6 Å². The molecule has 1 fully saturated rings. The minimum atomic E-state index is 0. The first-order valence-electron chi connectivity index (χ1n) is 10.6. The smallest absolute Gasteiger partial charge is 0.191 e. The summed E-state index contributed by atoms with van der Waals surface area (Å²) in [5.74, 6) is 2.81. The van der Waals surface area contributed by atoms with Gasteiger partial charge in [0, 0.05) is 39.4 Å². The number of anilines is 1. The summed E-state index contributed by atoms with van der Waals surface area (Å²) in [5.41, 5.74) is 2.40. The summed E-state index contributed by atoms with van der Waals surface area (Å²) in [4.78, 5) is 11.3. The van der Waals surface area contributed by atoms with Crippen molar-refractivity contribution in [2.24, 2.45) is 4.99 Å². The first kappa shape index (κ1) is 24.2. The molecule has 164 valence electrons. The summed E-state index contributed by atoms with van der Waals surface area (Å²) < 4.78 is 5.42. The van der Waals surface area contributed by atoms with Crippen LogP contribution in [0.1, 0.15) is 36.8 Å². The first-order chi connectivity index (χ1) is 14.3. The number of nitrogens with zero attached hydrogens (tertiary/aromatic N) is 3. The van der Waals surface area contributed by atoms with Gasteiger partial charge < -0.3 is 20.3 Å². The molecule has 2 N–H and O–H groups in total. The molecule has 0 amide bonds. The van der Waals surface area contributed by atoms with E-state index in [2.05, 4.69) is 43.7 Å². The van der Waals surface area contributed by atoms with E-state index in [1.807, 2.05) is 24.4 Å². The predicted octanol–water partition coefficient (Wildman–Crippen LogP) is 4.00. The van der Waals surface area contributed by atoms with Crippen molar-refractivity contribution >= 4 is 35.8 Å². The standard InChI is InChI=1S/C23H33N5O.HI/c1-24-23(26-14-12-20-9-5-6-10-21(20)29-2)27-18-19-11-13-25-22(17-19)28-15-7-3-4-8-16-28;/h5-6,9-11,13,17H,3-4,7-8,12,14-16,18H2,1-2H3,(H2,24,26,27);1H. The second-order valence-electron chi connectivity index (χ2n) is 7.34. The first-order valence-corrected chi connectivity index (χ1v) is 10.6. The van der Waals surface area contributed by atoms with Gasteiger partial charge in [-0.25, -0.2) is 4.98 Å². The zero-order valence-corrected chi connectivity index (χ0v) is 20.4. The fourth-order valence-corrected chi connectivity index (χ4v) is 3.67. The maximum Gasteiger partial charge on any atom is 0.191 e. The second-order valence-corrected chi connectivity index (χ2v) is 7.34. The molecule has 0 aliphatic carbocycles. The second kappa shape index (κ2) is 13.3. The monoisotopic (exact) mass is 523 g/mol. The molecule has 2 aromatic rings. The Balaban J connectivity index is 0.00000320. The lowest BCUT2D eigenvalue weighted by molar-refractivity contribution is 0.409. The summed E-state index contributed by atoms with van der Waals surface area (Å²) in [6, 6.07) is 12.4. The van der Waals surface area contributed by atoms with Gasteiger partial charge in [-0.2, -0.15) is 0 Å². The number of nitrogens with one attached hydrogen (secondary N) is 2. The fourth-order valence-electron chi connectivity index (χ4n) is 3.67. The van der Waals surface area contributed by atoms with Crippen LogP contribution in [0.25, 0.3) is 0 Å². The number of rotatable bonds is 7. The quantitative estimate of drug-likeness (QED) is 0.327. The predicted molar refractivity (Wildman–Crippen MR) is 135 cm³/mol. The average molecular weight is 523 g/mol. The Bertz CT molecular complexity index is 791. The van der Waals surface area contributed by atoms with Gasteiger partial charge in [0.05, 0.1) is 7.11 Å². The van der Waals surface area contributed by atoms with Gasteiger partial charge in [-0.05, 0) is 48.6 Å². The van der Waals surface area contributed by atoms with Crippen molar-refractivity contribution in [3.8, 4) is 5.75 Å². The lowest BCUT2D eigenvalue weighted by Crippen LogP contribution is -2.38. The van der Waals surface area contributed by atoms with Gasteiger partial charge in [-0.1, -0.05) is 31.0 Å². The number of aromatic nitrogens is 1. The van der Waals surface area contributed by atoms with Gasteiger partial charge in [-0.15, -0.1) is 24.0 Å². The Hall–Kier alpha value is -2.03. The van der Waals surface area contributed by atoms with Crippen LogP contribution in [0.4, 0.5) is 5.82 Å². The highest BCUT2D eigenvalue weighted by atomic mass is 127. The van der Waals surface area contributed by atoms with E-state index in [9.17, 15) is 0 Å². The van der Waals surface area contributed by atoms with E-state index in [1.165, 1.54) is 36.8 Å². The molecule has 1 aliphatic rings. The lowest BCUT2D eigenvalue weighted by Gasteiger charge is -2.22. The molecule has 0 atom stereocenters. The van der Waals surface area contributed by atoms with Gasteiger partial charge in [-0.3, -0.25) is 4.99 Å². The van der Waals surface area contributed by atoms with Crippen LogP contribution in [0.2, 0.25) is 0 Å². The molecule has 30 heavy (non-hydrogen) atoms. The zero-order chi connectivity index (χ0) is 20.3. The Kier molecular flexibility index (Phi) is 10.8. The van der Waals surface area contributed by atoms with Crippen molar-refractivity contribution in [2.45, 2.75) is 38.6 Å². The molecule has 0 bridgehead atoms. The lowest BCUT2D eigenvalue weighted by atomic mass is 10.1. The number of benzene rings is 1. The molecule has 3 rings (SSSR count). The van der Waals surface area contributed by atoms with Gasteiger partial charge >= 0.3 is 0 Å². The van der Waals surface area contributed by atoms with Crippen LogP contribution in [0.15, 0.2) is 47.6 Å². The molecule has 1 saturated heterocycles. The molecular weight excluding hydrogens is 489 g/mol. The topological polar surface area (TPSA) is 61.8 Å². The van der Waals surface area contributed by atoms with E-state index in [-0.39, 0.29) is 24.0 Å². The minimum absolute atomic E-state index is 0. The fraction of sp³-hybridized carbons (Fsp3) is 0.478. The number of guanidine groups is 1. The maximum atomic E-state index is 5.42. The van der Waals surface area contributed by atoms with Gasteiger partial charge in [0.25, 0.3) is 0 Å². The number of pyridine rings is 1. The van der Waals surface area contributed by atoms with E-state index in [0.29, 0.717) is 0 Å². The summed E-state index contributed by atoms with van der Waals surface area (Å²) in [6.45, 7) is 3.72. The molecule has 2 heterocycles. The number of hydrogen-bond acceptors (Lipinski definition) is 4. The molecule has 7 heteroatoms. The van der Waals surface area contributed by atoms with Crippen LogP contribution in [0.5, 0.6) is 5.75 Å². The van der Waals surface area contributed by atoms with E-state index in [0.717, 1.165) is 50.1 Å². The summed E-state index contributed by atoms with van der Waals surface area (Å²) in [6.07, 6.45) is 7.96. The van der Waals surface area contributed by atoms with Crippen LogP contribution < -0.4 is 20.3 Å². The SMILES string of the molecule is CN=C(NCCc1ccccc1OC)NCc1ccnc(N2CCCCCC2)c1.I. The zero-order valence-electron chi connectivity index (χ0n) is 18.1. The summed E-state index contributed by atoms with van der Waals surface area (Å²) >= 11 is 0. The highest BCUT2D eigenvalue weighted by molar-refractivity contribution is 14.0. The Labute approximate surface area is 197 Å². The average Bonchev–Trinajstić information content (AvgIpc) is 3.06.